The predicted octanol–water partition coefficient (Wildman–Crippen LogP) is 5.53. The molecule has 5 heteroatoms. The lowest BCUT2D eigenvalue weighted by Gasteiger charge is -2.15. The molecule has 2 aromatic rings. The predicted molar refractivity (Wildman–Crippen MR) is 91.2 cm³/mol. The Hall–Kier alpha value is -1.50. The van der Waals surface area contributed by atoms with Crippen LogP contribution in [0, 0.1) is 17.2 Å². The van der Waals surface area contributed by atoms with Crippen molar-refractivity contribution in [2.75, 3.05) is 0 Å². The summed E-state index contributed by atoms with van der Waals surface area (Å²) in [6, 6.07) is 10.3. The SMILES string of the molecule is CC(C)CC(C)c1cccc(-c2nc(Cl)c(Cl)n2CC#N)c1. The summed E-state index contributed by atoms with van der Waals surface area (Å²) >= 11 is 12.1. The average molecular weight is 336 g/mol. The summed E-state index contributed by atoms with van der Waals surface area (Å²) in [5, 5.41) is 9.50. The van der Waals surface area contributed by atoms with Gasteiger partial charge in [0.05, 0.1) is 6.07 Å². The van der Waals surface area contributed by atoms with Crippen molar-refractivity contribution in [1.82, 2.24) is 9.55 Å². The molecule has 22 heavy (non-hydrogen) atoms. The maximum Gasteiger partial charge on any atom is 0.166 e. The van der Waals surface area contributed by atoms with E-state index in [-0.39, 0.29) is 11.7 Å². The van der Waals surface area contributed by atoms with Crippen molar-refractivity contribution in [1.29, 1.82) is 5.26 Å². The van der Waals surface area contributed by atoms with Crippen molar-refractivity contribution in [3.8, 4) is 17.5 Å². The highest BCUT2D eigenvalue weighted by molar-refractivity contribution is 6.40. The van der Waals surface area contributed by atoms with Crippen LogP contribution in [0.2, 0.25) is 10.3 Å². The molecule has 0 amide bonds. The fraction of sp³-hybridized carbons (Fsp3) is 0.412. The molecular formula is C17H19Cl2N3. The molecule has 1 atom stereocenters. The van der Waals surface area contributed by atoms with Crippen LogP contribution in [0.1, 0.15) is 38.7 Å². The van der Waals surface area contributed by atoms with Gasteiger partial charge in [-0.3, -0.25) is 4.57 Å². The maximum atomic E-state index is 8.97. The molecular weight excluding hydrogens is 317 g/mol. The number of hydrogen-bond donors (Lipinski definition) is 0. The third-order valence-corrected chi connectivity index (χ3v) is 4.38. The highest BCUT2D eigenvalue weighted by Gasteiger charge is 2.16. The second-order valence-corrected chi connectivity index (χ2v) is 6.63. The van der Waals surface area contributed by atoms with Gasteiger partial charge in [-0.15, -0.1) is 0 Å². The molecule has 1 heterocycles. The molecule has 3 nitrogen and oxygen atoms in total. The lowest BCUT2D eigenvalue weighted by molar-refractivity contribution is 0.524. The molecule has 0 spiro atoms. The van der Waals surface area contributed by atoms with Gasteiger partial charge in [-0.2, -0.15) is 5.26 Å². The van der Waals surface area contributed by atoms with Crippen LogP contribution in [0.4, 0.5) is 0 Å². The first-order valence-corrected chi connectivity index (χ1v) is 8.08. The molecule has 1 unspecified atom stereocenters. The Morgan fingerprint density at radius 3 is 2.64 bits per heavy atom. The average Bonchev–Trinajstić information content (AvgIpc) is 2.75. The van der Waals surface area contributed by atoms with Gasteiger partial charge in [-0.05, 0) is 29.9 Å². The summed E-state index contributed by atoms with van der Waals surface area (Å²) in [5.41, 5.74) is 2.18. The van der Waals surface area contributed by atoms with E-state index in [9.17, 15) is 0 Å². The number of hydrogen-bond acceptors (Lipinski definition) is 2. The number of nitriles is 1. The molecule has 0 fully saturated rings. The van der Waals surface area contributed by atoms with E-state index >= 15 is 0 Å². The van der Waals surface area contributed by atoms with Gasteiger partial charge in [-0.1, -0.05) is 62.2 Å². The Morgan fingerprint density at radius 1 is 1.27 bits per heavy atom. The summed E-state index contributed by atoms with van der Waals surface area (Å²) in [6.07, 6.45) is 1.12. The van der Waals surface area contributed by atoms with Gasteiger partial charge in [0.1, 0.15) is 17.5 Å². The van der Waals surface area contributed by atoms with Gasteiger partial charge in [0.15, 0.2) is 5.15 Å². The van der Waals surface area contributed by atoms with E-state index < -0.39 is 0 Å². The molecule has 0 bridgehead atoms. The zero-order chi connectivity index (χ0) is 16.3. The van der Waals surface area contributed by atoms with Crippen LogP contribution in [0.3, 0.4) is 0 Å². The van der Waals surface area contributed by atoms with E-state index in [0.29, 0.717) is 22.8 Å². The summed E-state index contributed by atoms with van der Waals surface area (Å²) in [6.45, 7) is 6.79. The van der Waals surface area contributed by atoms with E-state index in [4.69, 9.17) is 28.5 Å². The van der Waals surface area contributed by atoms with Crippen molar-refractivity contribution < 1.29 is 0 Å². The minimum Gasteiger partial charge on any atom is -0.300 e. The minimum atomic E-state index is 0.125. The molecule has 0 saturated carbocycles. The van der Waals surface area contributed by atoms with E-state index in [1.54, 1.807) is 4.57 Å². The van der Waals surface area contributed by atoms with E-state index in [0.717, 1.165) is 12.0 Å². The van der Waals surface area contributed by atoms with Crippen LogP contribution in [-0.2, 0) is 6.54 Å². The Kier molecular flexibility index (Phi) is 5.50. The topological polar surface area (TPSA) is 41.6 Å². The summed E-state index contributed by atoms with van der Waals surface area (Å²) in [5.74, 6) is 1.74. The van der Waals surface area contributed by atoms with E-state index in [2.05, 4.69) is 44.0 Å². The van der Waals surface area contributed by atoms with Crippen LogP contribution >= 0.6 is 23.2 Å². The van der Waals surface area contributed by atoms with E-state index in [1.807, 2.05) is 12.1 Å². The molecule has 0 saturated heterocycles. The van der Waals surface area contributed by atoms with Gasteiger partial charge in [0.25, 0.3) is 0 Å². The first-order chi connectivity index (χ1) is 10.4. The summed E-state index contributed by atoms with van der Waals surface area (Å²) in [7, 11) is 0. The Morgan fingerprint density at radius 2 is 2.00 bits per heavy atom. The number of benzene rings is 1. The Balaban J connectivity index is 2.42. The van der Waals surface area contributed by atoms with Crippen molar-refractivity contribution in [2.45, 2.75) is 39.7 Å². The van der Waals surface area contributed by atoms with Gasteiger partial charge >= 0.3 is 0 Å². The first-order valence-electron chi connectivity index (χ1n) is 7.32. The van der Waals surface area contributed by atoms with Crippen LogP contribution in [0.25, 0.3) is 11.4 Å². The molecule has 0 aliphatic heterocycles. The first kappa shape index (κ1) is 16.9. The molecule has 0 aliphatic carbocycles. The largest absolute Gasteiger partial charge is 0.300 e. The van der Waals surface area contributed by atoms with Crippen LogP contribution in [0.5, 0.6) is 0 Å². The molecule has 0 aliphatic rings. The number of nitrogens with zero attached hydrogens (tertiary/aromatic N) is 3. The highest BCUT2D eigenvalue weighted by atomic mass is 35.5. The molecule has 2 rings (SSSR count). The van der Waals surface area contributed by atoms with Gasteiger partial charge in [0, 0.05) is 5.56 Å². The Labute approximate surface area is 141 Å². The third kappa shape index (κ3) is 3.63. The zero-order valence-corrected chi connectivity index (χ0v) is 14.5. The molecule has 0 N–H and O–H groups in total. The van der Waals surface area contributed by atoms with Gasteiger partial charge in [0.2, 0.25) is 0 Å². The van der Waals surface area contributed by atoms with Crippen LogP contribution in [-0.4, -0.2) is 9.55 Å². The molecule has 116 valence electrons. The third-order valence-electron chi connectivity index (χ3n) is 3.63. The lowest BCUT2D eigenvalue weighted by Crippen LogP contribution is -2.01. The van der Waals surface area contributed by atoms with Crippen molar-refractivity contribution >= 4 is 23.2 Å². The molecule has 1 aromatic carbocycles. The van der Waals surface area contributed by atoms with Crippen molar-refractivity contribution in [3.05, 3.63) is 40.1 Å². The number of rotatable bonds is 5. The van der Waals surface area contributed by atoms with Crippen LogP contribution in [0.15, 0.2) is 24.3 Å². The number of aromatic nitrogens is 2. The minimum absolute atomic E-state index is 0.125. The van der Waals surface area contributed by atoms with Crippen LogP contribution < -0.4 is 0 Å². The smallest absolute Gasteiger partial charge is 0.166 e. The quantitative estimate of drug-likeness (QED) is 0.720. The normalized spacial score (nSPS) is 12.4. The van der Waals surface area contributed by atoms with Crippen molar-refractivity contribution in [3.63, 3.8) is 0 Å². The van der Waals surface area contributed by atoms with Gasteiger partial charge < -0.3 is 0 Å². The van der Waals surface area contributed by atoms with Crippen molar-refractivity contribution in [2.24, 2.45) is 5.92 Å². The fourth-order valence-corrected chi connectivity index (χ4v) is 3.03. The molecule has 0 radical (unpaired) electrons. The Bertz CT molecular complexity index is 698. The fourth-order valence-electron chi connectivity index (χ4n) is 2.67. The summed E-state index contributed by atoms with van der Waals surface area (Å²) in [4.78, 5) is 4.31. The van der Waals surface area contributed by atoms with E-state index in [1.165, 1.54) is 5.56 Å². The number of imidazole rings is 1. The van der Waals surface area contributed by atoms with Gasteiger partial charge in [-0.25, -0.2) is 4.98 Å². The zero-order valence-electron chi connectivity index (χ0n) is 13.0. The second-order valence-electron chi connectivity index (χ2n) is 5.92. The number of halogens is 2. The summed E-state index contributed by atoms with van der Waals surface area (Å²) < 4.78 is 1.64. The second kappa shape index (κ2) is 7.17. The maximum absolute atomic E-state index is 8.97. The lowest BCUT2D eigenvalue weighted by atomic mass is 9.91. The standard InChI is InChI=1S/C17H19Cl2N3/c1-11(2)9-12(3)13-5-4-6-14(10-13)17-21-15(18)16(19)22(17)8-7-20/h4-6,10-12H,8-9H2,1-3H3. The molecule has 1 aromatic heterocycles. The highest BCUT2D eigenvalue weighted by Crippen LogP contribution is 2.31. The monoisotopic (exact) mass is 335 g/mol.